The molecule has 0 aromatic heterocycles. The minimum atomic E-state index is -0.859. The first-order chi connectivity index (χ1) is 33.0. The van der Waals surface area contributed by atoms with Gasteiger partial charge in [0.15, 0.2) is 6.10 Å². The lowest BCUT2D eigenvalue weighted by atomic mass is 10.1. The van der Waals surface area contributed by atoms with E-state index in [1.54, 1.807) is 0 Å². The van der Waals surface area contributed by atoms with Gasteiger partial charge in [-0.1, -0.05) is 211 Å². The van der Waals surface area contributed by atoms with Gasteiger partial charge in [0, 0.05) is 19.3 Å². The van der Waals surface area contributed by atoms with Crippen LogP contribution in [0.15, 0.2) is 158 Å². The average Bonchev–Trinajstić information content (AvgIpc) is 3.33. The summed E-state index contributed by atoms with van der Waals surface area (Å²) in [5.74, 6) is -1.14. The van der Waals surface area contributed by atoms with Gasteiger partial charge in [-0.05, 0) is 116 Å². The molecule has 0 saturated heterocycles. The molecule has 0 heterocycles. The fraction of sp³-hybridized carbons (Fsp3) is 0.525. The number of hydrogen-bond donors (Lipinski definition) is 0. The van der Waals surface area contributed by atoms with Crippen LogP contribution in [0.2, 0.25) is 0 Å². The first kappa shape index (κ1) is 62.0. The predicted octanol–water partition coefficient (Wildman–Crippen LogP) is 17.4. The molecule has 0 amide bonds. The van der Waals surface area contributed by atoms with Gasteiger partial charge in [0.05, 0.1) is 0 Å². The topological polar surface area (TPSA) is 78.9 Å². The Balaban J connectivity index is 4.65. The van der Waals surface area contributed by atoms with Gasteiger partial charge >= 0.3 is 17.9 Å². The Morgan fingerprint density at radius 3 is 1.00 bits per heavy atom. The predicted molar refractivity (Wildman–Crippen MR) is 288 cm³/mol. The number of carbonyl (C=O) groups is 3. The quantitative estimate of drug-likeness (QED) is 0.0262. The smallest absolute Gasteiger partial charge is 0.306 e. The van der Waals surface area contributed by atoms with Crippen LogP contribution in [-0.4, -0.2) is 37.2 Å². The maximum atomic E-state index is 12.8. The first-order valence-corrected chi connectivity index (χ1v) is 26.0. The average molecular weight is 921 g/mol. The zero-order valence-electron chi connectivity index (χ0n) is 42.3. The third-order valence-corrected chi connectivity index (χ3v) is 10.0. The number of unbranched alkanes of at least 4 members (excludes halogenated alkanes) is 7. The highest BCUT2D eigenvalue weighted by molar-refractivity contribution is 5.71. The summed E-state index contributed by atoms with van der Waals surface area (Å²) in [6.07, 6.45) is 78.2. The number of carbonyl (C=O) groups excluding carboxylic acids is 3. The summed E-state index contributed by atoms with van der Waals surface area (Å²) < 4.78 is 16.6. The van der Waals surface area contributed by atoms with E-state index in [-0.39, 0.29) is 38.0 Å². The molecule has 0 aromatic carbocycles. The lowest BCUT2D eigenvalue weighted by molar-refractivity contribution is -0.166. The molecule has 1 unspecified atom stereocenters. The van der Waals surface area contributed by atoms with Crippen molar-refractivity contribution in [1.29, 1.82) is 0 Å². The van der Waals surface area contributed by atoms with Crippen molar-refractivity contribution in [1.82, 2.24) is 0 Å². The number of esters is 3. The largest absolute Gasteiger partial charge is 0.462 e. The number of hydrogen-bond acceptors (Lipinski definition) is 6. The van der Waals surface area contributed by atoms with E-state index >= 15 is 0 Å². The van der Waals surface area contributed by atoms with E-state index in [0.717, 1.165) is 116 Å². The number of ether oxygens (including phenoxy) is 3. The van der Waals surface area contributed by atoms with Gasteiger partial charge in [-0.2, -0.15) is 0 Å². The van der Waals surface area contributed by atoms with Gasteiger partial charge in [0.25, 0.3) is 0 Å². The molecule has 0 saturated carbocycles. The lowest BCUT2D eigenvalue weighted by Crippen LogP contribution is -2.30. The molecule has 0 aliphatic heterocycles. The molecular formula is C61H92O6. The molecule has 6 heteroatoms. The molecule has 0 fully saturated rings. The fourth-order valence-electron chi connectivity index (χ4n) is 6.18. The van der Waals surface area contributed by atoms with Crippen LogP contribution in [0.1, 0.15) is 188 Å². The van der Waals surface area contributed by atoms with Gasteiger partial charge in [-0.15, -0.1) is 0 Å². The Bertz CT molecular complexity index is 1570. The van der Waals surface area contributed by atoms with Crippen LogP contribution in [0.3, 0.4) is 0 Å². The lowest BCUT2D eigenvalue weighted by Gasteiger charge is -2.18. The van der Waals surface area contributed by atoms with Crippen LogP contribution < -0.4 is 0 Å². The van der Waals surface area contributed by atoms with Gasteiger partial charge in [-0.3, -0.25) is 14.4 Å². The SMILES string of the molecule is CC/C=C\C/C=C\C/C=C\C/C=C\C/C=C\C/C=C\CCC(=O)OCC(COC(=O)CCCCCCC/C=C\CCCC)OC(=O)CC/C=C\C/C=C\C/C=C\C/C=C\C/C=C\C/C=C\CC. The van der Waals surface area contributed by atoms with Gasteiger partial charge in [0.1, 0.15) is 13.2 Å². The third-order valence-electron chi connectivity index (χ3n) is 10.0. The molecule has 0 radical (unpaired) electrons. The molecule has 0 N–H and O–H groups in total. The van der Waals surface area contributed by atoms with E-state index in [0.29, 0.717) is 19.3 Å². The van der Waals surface area contributed by atoms with Crippen molar-refractivity contribution in [2.24, 2.45) is 0 Å². The maximum Gasteiger partial charge on any atom is 0.306 e. The summed E-state index contributed by atoms with van der Waals surface area (Å²) in [6.45, 7) is 6.20. The van der Waals surface area contributed by atoms with Crippen molar-refractivity contribution in [2.75, 3.05) is 13.2 Å². The monoisotopic (exact) mass is 921 g/mol. The molecule has 0 aliphatic rings. The maximum absolute atomic E-state index is 12.8. The summed E-state index contributed by atoms with van der Waals surface area (Å²) in [5, 5.41) is 0. The second kappa shape index (κ2) is 53.6. The van der Waals surface area contributed by atoms with Gasteiger partial charge < -0.3 is 14.2 Å². The van der Waals surface area contributed by atoms with E-state index in [4.69, 9.17) is 14.2 Å². The molecule has 67 heavy (non-hydrogen) atoms. The van der Waals surface area contributed by atoms with Crippen LogP contribution in [0.4, 0.5) is 0 Å². The highest BCUT2D eigenvalue weighted by Crippen LogP contribution is 2.11. The van der Waals surface area contributed by atoms with Crippen molar-refractivity contribution in [3.8, 4) is 0 Å². The fourth-order valence-corrected chi connectivity index (χ4v) is 6.18. The summed E-state index contributed by atoms with van der Waals surface area (Å²) in [5.41, 5.74) is 0. The van der Waals surface area contributed by atoms with E-state index in [2.05, 4.69) is 154 Å². The summed E-state index contributed by atoms with van der Waals surface area (Å²) >= 11 is 0. The van der Waals surface area contributed by atoms with Crippen LogP contribution >= 0.6 is 0 Å². The Labute approximate surface area is 409 Å². The van der Waals surface area contributed by atoms with Crippen molar-refractivity contribution >= 4 is 17.9 Å². The number of allylic oxidation sites excluding steroid dienone is 26. The molecule has 6 nitrogen and oxygen atoms in total. The number of rotatable bonds is 44. The summed E-state index contributed by atoms with van der Waals surface area (Å²) in [4.78, 5) is 37.9. The summed E-state index contributed by atoms with van der Waals surface area (Å²) in [6, 6.07) is 0. The molecule has 1 atom stereocenters. The van der Waals surface area contributed by atoms with E-state index < -0.39 is 12.1 Å². The third kappa shape index (κ3) is 51.9. The normalized spacial score (nSPS) is 13.4. The molecule has 0 rings (SSSR count). The highest BCUT2D eigenvalue weighted by atomic mass is 16.6. The Kier molecular flexibility index (Phi) is 49.7. The zero-order valence-corrected chi connectivity index (χ0v) is 42.3. The van der Waals surface area contributed by atoms with E-state index in [1.165, 1.54) is 19.3 Å². The first-order valence-electron chi connectivity index (χ1n) is 26.0. The van der Waals surface area contributed by atoms with Crippen LogP contribution in [0, 0.1) is 0 Å². The van der Waals surface area contributed by atoms with E-state index in [9.17, 15) is 14.4 Å². The summed E-state index contributed by atoms with van der Waals surface area (Å²) in [7, 11) is 0. The Hall–Kier alpha value is -4.97. The molecule has 0 bridgehead atoms. The van der Waals surface area contributed by atoms with Crippen molar-refractivity contribution in [2.45, 2.75) is 194 Å². The van der Waals surface area contributed by atoms with Crippen LogP contribution in [0.25, 0.3) is 0 Å². The van der Waals surface area contributed by atoms with Gasteiger partial charge in [0.2, 0.25) is 0 Å². The Morgan fingerprint density at radius 2 is 0.612 bits per heavy atom. The molecular weight excluding hydrogens is 829 g/mol. The van der Waals surface area contributed by atoms with Gasteiger partial charge in [-0.25, -0.2) is 0 Å². The zero-order chi connectivity index (χ0) is 48.6. The van der Waals surface area contributed by atoms with Crippen molar-refractivity contribution < 1.29 is 28.6 Å². The second-order valence-corrected chi connectivity index (χ2v) is 16.3. The van der Waals surface area contributed by atoms with E-state index in [1.807, 2.05) is 24.3 Å². The van der Waals surface area contributed by atoms with Crippen molar-refractivity contribution in [3.63, 3.8) is 0 Å². The minimum absolute atomic E-state index is 0.144. The highest BCUT2D eigenvalue weighted by Gasteiger charge is 2.19. The van der Waals surface area contributed by atoms with Crippen molar-refractivity contribution in [3.05, 3.63) is 158 Å². The molecule has 0 spiro atoms. The molecule has 0 aromatic rings. The molecule has 372 valence electrons. The second-order valence-electron chi connectivity index (χ2n) is 16.3. The standard InChI is InChI=1S/C61H92O6/c1-4-7-10-13-16-19-22-24-26-28-30-32-34-36-39-42-45-48-51-54-60(63)66-57-58(56-65-59(62)53-50-47-44-41-38-21-18-15-12-9-6-3)67-61(64)55-52-49-46-43-40-37-35-33-31-29-27-25-23-20-17-14-11-8-5-2/h7-8,10-11,15-20,24-27,30-33,36-37,39-40,45-46,48-49,58H,4-6,9,12-14,21-23,28-29,34-35,38,41-44,47,50-57H2,1-3H3/b10-7-,11-8-,18-15-,19-16-,20-17-,26-24-,27-25-,32-30-,33-31-,39-36-,40-37-,48-45-,49-46-. The van der Waals surface area contributed by atoms with Crippen LogP contribution in [0.5, 0.6) is 0 Å². The Morgan fingerprint density at radius 1 is 0.313 bits per heavy atom. The minimum Gasteiger partial charge on any atom is -0.462 e. The molecule has 0 aliphatic carbocycles. The van der Waals surface area contributed by atoms with Crippen LogP contribution in [-0.2, 0) is 28.6 Å².